The number of para-hydroxylation sites is 1. The average molecular weight is 405 g/mol. The van der Waals surface area contributed by atoms with Crippen LogP contribution in [0.2, 0.25) is 0 Å². The zero-order valence-corrected chi connectivity index (χ0v) is 15.3. The Hall–Kier alpha value is -2.99. The number of aromatic nitrogens is 3. The second-order valence-electron chi connectivity index (χ2n) is 6.63. The van der Waals surface area contributed by atoms with Crippen LogP contribution in [-0.2, 0) is 11.3 Å². The number of hydrogen-bond donors (Lipinski definition) is 3. The van der Waals surface area contributed by atoms with Crippen LogP contribution >= 0.6 is 0 Å². The van der Waals surface area contributed by atoms with Gasteiger partial charge >= 0.3 is 5.69 Å². The van der Waals surface area contributed by atoms with Gasteiger partial charge in [-0.1, -0.05) is 11.2 Å². The van der Waals surface area contributed by atoms with Gasteiger partial charge in [0.1, 0.15) is 24.0 Å². The van der Waals surface area contributed by atoms with Crippen LogP contribution in [0.1, 0.15) is 11.9 Å². The lowest BCUT2D eigenvalue weighted by Gasteiger charge is -2.18. The highest BCUT2D eigenvalue weighted by atomic mass is 16.6. The third-order valence-corrected chi connectivity index (χ3v) is 4.95. The number of nitrogens with zero attached hydrogens (tertiary/aromatic N) is 3. The summed E-state index contributed by atoms with van der Waals surface area (Å²) in [5, 5.41) is 33.9. The molecule has 1 fully saturated rings. The third kappa shape index (κ3) is 3.13. The highest BCUT2D eigenvalue weighted by Gasteiger charge is 2.43. The predicted molar refractivity (Wildman–Crippen MR) is 97.6 cm³/mol. The highest BCUT2D eigenvalue weighted by molar-refractivity contribution is 5.84. The predicted octanol–water partition coefficient (Wildman–Crippen LogP) is -1.18. The molecule has 3 heterocycles. The molecule has 29 heavy (non-hydrogen) atoms. The number of ether oxygens (including phenoxy) is 2. The van der Waals surface area contributed by atoms with E-state index in [2.05, 4.69) is 5.16 Å². The third-order valence-electron chi connectivity index (χ3n) is 4.95. The van der Waals surface area contributed by atoms with Crippen molar-refractivity contribution in [2.45, 2.75) is 31.1 Å². The van der Waals surface area contributed by atoms with Gasteiger partial charge in [0.25, 0.3) is 5.56 Å². The molecular weight excluding hydrogens is 386 g/mol. The van der Waals surface area contributed by atoms with Crippen LogP contribution in [0.15, 0.2) is 44.6 Å². The molecule has 0 radical (unpaired) electrons. The Bertz CT molecular complexity index is 1150. The molecule has 2 aromatic heterocycles. The van der Waals surface area contributed by atoms with Gasteiger partial charge in [-0.25, -0.2) is 4.79 Å². The molecule has 0 spiro atoms. The molecule has 3 aromatic rings. The van der Waals surface area contributed by atoms with Crippen molar-refractivity contribution in [1.29, 1.82) is 0 Å². The van der Waals surface area contributed by atoms with Gasteiger partial charge in [-0.05, 0) is 12.1 Å². The Labute approximate surface area is 162 Å². The first kappa shape index (κ1) is 19.3. The van der Waals surface area contributed by atoms with E-state index in [1.807, 2.05) is 0 Å². The summed E-state index contributed by atoms with van der Waals surface area (Å²) in [6.07, 6.45) is -3.95. The summed E-state index contributed by atoms with van der Waals surface area (Å²) >= 11 is 0. The van der Waals surface area contributed by atoms with Gasteiger partial charge in [0.05, 0.1) is 25.6 Å². The molecule has 0 amide bonds. The van der Waals surface area contributed by atoms with E-state index in [1.54, 1.807) is 18.2 Å². The first-order valence-corrected chi connectivity index (χ1v) is 8.82. The summed E-state index contributed by atoms with van der Waals surface area (Å²) in [4.78, 5) is 25.2. The number of fused-ring (bicyclic) bond motifs is 1. The van der Waals surface area contributed by atoms with E-state index in [9.17, 15) is 24.9 Å². The number of methoxy groups -OCH3 is 1. The number of aliphatic hydroxyl groups excluding tert-OH is 3. The summed E-state index contributed by atoms with van der Waals surface area (Å²) in [7, 11) is 1.48. The Kier molecular flexibility index (Phi) is 4.96. The van der Waals surface area contributed by atoms with Crippen molar-refractivity contribution >= 4 is 11.0 Å². The lowest BCUT2D eigenvalue weighted by Crippen LogP contribution is -2.43. The van der Waals surface area contributed by atoms with Crippen molar-refractivity contribution < 1.29 is 29.3 Å². The Morgan fingerprint density at radius 2 is 2.00 bits per heavy atom. The van der Waals surface area contributed by atoms with Crippen molar-refractivity contribution in [2.24, 2.45) is 0 Å². The van der Waals surface area contributed by atoms with Crippen LogP contribution in [-0.4, -0.2) is 61.6 Å². The van der Waals surface area contributed by atoms with Gasteiger partial charge in [0.2, 0.25) is 5.58 Å². The average Bonchev–Trinajstić information content (AvgIpc) is 3.26. The normalized spacial score (nSPS) is 24.3. The van der Waals surface area contributed by atoms with E-state index >= 15 is 0 Å². The largest absolute Gasteiger partial charge is 0.493 e. The standard InChI is InChI=1S/C18H19N3O8/c1-27-11-4-2-3-9-10(19-29-16(9)11)7-21-13(23)5-6-20(18(21)26)17-15(25)14(24)12(8-22)28-17/h2-6,12,14-15,17,22,24-25H,7-8H2,1H3/t12-,14?,15+,17-/m1/s1. The van der Waals surface area contributed by atoms with E-state index in [-0.39, 0.29) is 6.54 Å². The number of aliphatic hydroxyl groups is 3. The van der Waals surface area contributed by atoms with Gasteiger partial charge in [-0.15, -0.1) is 0 Å². The summed E-state index contributed by atoms with van der Waals surface area (Å²) in [6, 6.07) is 6.29. The molecule has 1 saturated heterocycles. The lowest BCUT2D eigenvalue weighted by molar-refractivity contribution is -0.0555. The molecular formula is C18H19N3O8. The van der Waals surface area contributed by atoms with Crippen LogP contribution in [0.4, 0.5) is 0 Å². The quantitative estimate of drug-likeness (QED) is 0.477. The van der Waals surface area contributed by atoms with Gasteiger partial charge in [-0.3, -0.25) is 13.9 Å². The Morgan fingerprint density at radius 3 is 2.69 bits per heavy atom. The minimum absolute atomic E-state index is 0.187. The van der Waals surface area contributed by atoms with Gasteiger partial charge in [0, 0.05) is 12.3 Å². The molecule has 1 unspecified atom stereocenters. The fourth-order valence-corrected chi connectivity index (χ4v) is 3.39. The van der Waals surface area contributed by atoms with Gasteiger partial charge in [0.15, 0.2) is 12.0 Å². The molecule has 1 aliphatic heterocycles. The minimum atomic E-state index is -1.45. The Balaban J connectivity index is 1.74. The molecule has 154 valence electrons. The zero-order chi connectivity index (χ0) is 20.7. The first-order valence-electron chi connectivity index (χ1n) is 8.82. The maximum Gasteiger partial charge on any atom is 0.333 e. The van der Waals surface area contributed by atoms with Crippen molar-refractivity contribution in [3.05, 3.63) is 57.0 Å². The summed E-state index contributed by atoms with van der Waals surface area (Å²) in [6.45, 7) is -0.719. The fraction of sp³-hybridized carbons (Fsp3) is 0.389. The van der Waals surface area contributed by atoms with Crippen molar-refractivity contribution in [1.82, 2.24) is 14.3 Å². The fourth-order valence-electron chi connectivity index (χ4n) is 3.39. The maximum atomic E-state index is 12.9. The van der Waals surface area contributed by atoms with Crippen molar-refractivity contribution in [2.75, 3.05) is 13.7 Å². The topological polar surface area (TPSA) is 149 Å². The molecule has 0 bridgehead atoms. The van der Waals surface area contributed by atoms with Crippen LogP contribution in [0.25, 0.3) is 11.0 Å². The summed E-state index contributed by atoms with van der Waals surface area (Å²) in [5.74, 6) is 0.464. The molecule has 1 aliphatic rings. The Morgan fingerprint density at radius 1 is 1.21 bits per heavy atom. The number of rotatable bonds is 5. The molecule has 3 N–H and O–H groups in total. The molecule has 11 nitrogen and oxygen atoms in total. The molecule has 0 aliphatic carbocycles. The number of benzene rings is 1. The van der Waals surface area contributed by atoms with E-state index in [4.69, 9.17) is 14.0 Å². The highest BCUT2D eigenvalue weighted by Crippen LogP contribution is 2.29. The second-order valence-corrected chi connectivity index (χ2v) is 6.63. The smallest absolute Gasteiger partial charge is 0.333 e. The van der Waals surface area contributed by atoms with Crippen LogP contribution in [0.3, 0.4) is 0 Å². The minimum Gasteiger partial charge on any atom is -0.493 e. The van der Waals surface area contributed by atoms with Crippen molar-refractivity contribution in [3.8, 4) is 5.75 Å². The van der Waals surface area contributed by atoms with Gasteiger partial charge in [-0.2, -0.15) is 0 Å². The van der Waals surface area contributed by atoms with Gasteiger partial charge < -0.3 is 29.3 Å². The van der Waals surface area contributed by atoms with Crippen LogP contribution < -0.4 is 16.0 Å². The molecule has 0 saturated carbocycles. The zero-order valence-electron chi connectivity index (χ0n) is 15.3. The van der Waals surface area contributed by atoms with Crippen molar-refractivity contribution in [3.63, 3.8) is 0 Å². The summed E-state index contributed by atoms with van der Waals surface area (Å²) in [5.41, 5.74) is -0.627. The first-order chi connectivity index (χ1) is 14.0. The molecule has 4 atom stereocenters. The number of hydrogen-bond acceptors (Lipinski definition) is 9. The van der Waals surface area contributed by atoms with E-state index in [0.29, 0.717) is 22.4 Å². The molecule has 11 heteroatoms. The van der Waals surface area contributed by atoms with E-state index < -0.39 is 42.4 Å². The maximum absolute atomic E-state index is 12.9. The van der Waals surface area contributed by atoms with Crippen LogP contribution in [0, 0.1) is 0 Å². The SMILES string of the molecule is COc1cccc2c(Cn3c(=O)ccn([C@@H]4O[C@H](CO)C(O)[C@@H]4O)c3=O)noc12. The van der Waals surface area contributed by atoms with E-state index in [0.717, 1.165) is 15.2 Å². The van der Waals surface area contributed by atoms with Crippen LogP contribution in [0.5, 0.6) is 5.75 Å². The molecule has 4 rings (SSSR count). The monoisotopic (exact) mass is 405 g/mol. The summed E-state index contributed by atoms with van der Waals surface area (Å²) < 4.78 is 17.8. The van der Waals surface area contributed by atoms with E-state index in [1.165, 1.54) is 13.3 Å². The molecule has 1 aromatic carbocycles. The lowest BCUT2D eigenvalue weighted by atomic mass is 10.1. The second kappa shape index (κ2) is 7.44.